The van der Waals surface area contributed by atoms with Gasteiger partial charge in [-0.25, -0.2) is 9.48 Å². The van der Waals surface area contributed by atoms with Crippen LogP contribution in [0, 0.1) is 0 Å². The van der Waals surface area contributed by atoms with Crippen LogP contribution in [0.5, 0.6) is 5.75 Å². The van der Waals surface area contributed by atoms with Crippen molar-refractivity contribution in [3.05, 3.63) is 42.2 Å². The minimum absolute atomic E-state index is 0.113. The summed E-state index contributed by atoms with van der Waals surface area (Å²) in [5.74, 6) is 0.298. The lowest BCUT2D eigenvalue weighted by molar-refractivity contribution is -0.137. The van der Waals surface area contributed by atoms with Crippen LogP contribution in [0.25, 0.3) is 5.69 Å². The molecule has 0 aliphatic carbocycles. The van der Waals surface area contributed by atoms with Gasteiger partial charge in [-0.3, -0.25) is 0 Å². The smallest absolute Gasteiger partial charge is 0.418 e. The van der Waals surface area contributed by atoms with E-state index in [1.165, 1.54) is 35.5 Å². The van der Waals surface area contributed by atoms with E-state index in [1.54, 1.807) is 0 Å². The number of hydrogen-bond donors (Lipinski definition) is 1. The molecule has 9 heteroatoms. The first-order chi connectivity index (χ1) is 11.8. The first-order valence-electron chi connectivity index (χ1n) is 7.70. The van der Waals surface area contributed by atoms with Gasteiger partial charge < -0.3 is 14.7 Å². The van der Waals surface area contributed by atoms with Crippen LogP contribution in [-0.4, -0.2) is 45.1 Å². The number of likely N-dealkylation sites (tertiary alicyclic amines) is 1. The van der Waals surface area contributed by atoms with Crippen molar-refractivity contribution in [1.29, 1.82) is 0 Å². The average molecular weight is 355 g/mol. The topological polar surface area (TPSA) is 67.6 Å². The SMILES string of the molecule is O=C(O)N1CCC(Oc2ccc(C(F)(F)F)c(-n3cccn3)c2)CC1. The maximum absolute atomic E-state index is 13.2. The lowest BCUT2D eigenvalue weighted by atomic mass is 10.1. The van der Waals surface area contributed by atoms with Crippen LogP contribution < -0.4 is 4.74 Å². The Hall–Kier alpha value is -2.71. The van der Waals surface area contributed by atoms with Crippen molar-refractivity contribution in [1.82, 2.24) is 14.7 Å². The number of rotatable bonds is 3. The summed E-state index contributed by atoms with van der Waals surface area (Å²) in [4.78, 5) is 12.2. The predicted octanol–water partition coefficient (Wildman–Crippen LogP) is 3.41. The minimum atomic E-state index is -4.51. The molecule has 0 bridgehead atoms. The van der Waals surface area contributed by atoms with Crippen LogP contribution in [0.2, 0.25) is 0 Å². The van der Waals surface area contributed by atoms with Gasteiger partial charge in [0.15, 0.2) is 0 Å². The van der Waals surface area contributed by atoms with Gasteiger partial charge in [-0.2, -0.15) is 18.3 Å². The summed E-state index contributed by atoms with van der Waals surface area (Å²) in [6, 6.07) is 5.09. The molecule has 0 radical (unpaired) electrons. The Labute approximate surface area is 141 Å². The number of halogens is 3. The Balaban J connectivity index is 1.79. The number of amides is 1. The third-order valence-corrected chi connectivity index (χ3v) is 4.04. The second-order valence-electron chi connectivity index (χ2n) is 5.71. The van der Waals surface area contributed by atoms with Crippen LogP contribution in [0.3, 0.4) is 0 Å². The van der Waals surface area contributed by atoms with Crippen LogP contribution in [0.4, 0.5) is 18.0 Å². The highest BCUT2D eigenvalue weighted by Gasteiger charge is 2.34. The molecule has 2 heterocycles. The molecule has 0 unspecified atom stereocenters. The summed E-state index contributed by atoms with van der Waals surface area (Å²) < 4.78 is 46.5. The molecule has 3 rings (SSSR count). The maximum Gasteiger partial charge on any atom is 0.418 e. The number of carboxylic acid groups (broad SMARTS) is 1. The number of carbonyl (C=O) groups is 1. The fourth-order valence-electron chi connectivity index (χ4n) is 2.78. The van der Waals surface area contributed by atoms with Gasteiger partial charge in [-0.15, -0.1) is 0 Å². The first-order valence-corrected chi connectivity index (χ1v) is 7.70. The normalized spacial score (nSPS) is 16.0. The van der Waals surface area contributed by atoms with E-state index in [1.807, 2.05) is 0 Å². The van der Waals surface area contributed by atoms with E-state index in [-0.39, 0.29) is 11.8 Å². The molecular weight excluding hydrogens is 339 g/mol. The fourth-order valence-corrected chi connectivity index (χ4v) is 2.78. The van der Waals surface area contributed by atoms with Gasteiger partial charge in [0.2, 0.25) is 0 Å². The zero-order valence-electron chi connectivity index (χ0n) is 13.1. The molecule has 1 aromatic heterocycles. The summed E-state index contributed by atoms with van der Waals surface area (Å²) >= 11 is 0. The molecule has 25 heavy (non-hydrogen) atoms. The predicted molar refractivity (Wildman–Crippen MR) is 81.8 cm³/mol. The summed E-state index contributed by atoms with van der Waals surface area (Å²) in [6.45, 7) is 0.680. The van der Waals surface area contributed by atoms with Gasteiger partial charge in [0.05, 0.1) is 11.3 Å². The van der Waals surface area contributed by atoms with Crippen molar-refractivity contribution >= 4 is 6.09 Å². The molecule has 1 aliphatic heterocycles. The van der Waals surface area contributed by atoms with Crippen LogP contribution in [0.15, 0.2) is 36.7 Å². The van der Waals surface area contributed by atoms with Crippen LogP contribution in [-0.2, 0) is 6.18 Å². The highest BCUT2D eigenvalue weighted by Crippen LogP contribution is 2.36. The zero-order valence-corrected chi connectivity index (χ0v) is 13.1. The molecule has 0 spiro atoms. The summed E-state index contributed by atoms with van der Waals surface area (Å²) in [7, 11) is 0. The average Bonchev–Trinajstić information content (AvgIpc) is 3.08. The van der Waals surface area contributed by atoms with E-state index in [0.717, 1.165) is 10.7 Å². The van der Waals surface area contributed by atoms with E-state index in [2.05, 4.69) is 5.10 Å². The van der Waals surface area contributed by atoms with Crippen molar-refractivity contribution in [3.63, 3.8) is 0 Å². The lowest BCUT2D eigenvalue weighted by Gasteiger charge is -2.30. The quantitative estimate of drug-likeness (QED) is 0.916. The van der Waals surface area contributed by atoms with E-state index in [4.69, 9.17) is 9.84 Å². The highest BCUT2D eigenvalue weighted by atomic mass is 19.4. The number of alkyl halides is 3. The fraction of sp³-hybridized carbons (Fsp3) is 0.375. The third-order valence-electron chi connectivity index (χ3n) is 4.04. The Morgan fingerprint density at radius 1 is 1.28 bits per heavy atom. The number of aromatic nitrogens is 2. The standard InChI is InChI=1S/C16H16F3N3O3/c17-16(18,19)13-3-2-12(10-14(13)22-7-1-6-20-22)25-11-4-8-21(9-5-11)15(23)24/h1-3,6-7,10-11H,4-5,8-9H2,(H,23,24). The number of piperidine rings is 1. The van der Waals surface area contributed by atoms with E-state index in [9.17, 15) is 18.0 Å². The van der Waals surface area contributed by atoms with Gasteiger partial charge in [0, 0.05) is 44.4 Å². The Morgan fingerprint density at radius 2 is 2.00 bits per heavy atom. The summed E-state index contributed by atoms with van der Waals surface area (Å²) in [5, 5.41) is 12.8. The van der Waals surface area contributed by atoms with Gasteiger partial charge in [0.25, 0.3) is 0 Å². The second-order valence-corrected chi connectivity index (χ2v) is 5.71. The number of ether oxygens (including phenoxy) is 1. The number of nitrogens with zero attached hydrogens (tertiary/aromatic N) is 3. The molecule has 0 saturated carbocycles. The molecule has 0 atom stereocenters. The van der Waals surface area contributed by atoms with Crippen molar-refractivity contribution in [2.75, 3.05) is 13.1 Å². The van der Waals surface area contributed by atoms with E-state index >= 15 is 0 Å². The van der Waals surface area contributed by atoms with Crippen molar-refractivity contribution in [2.45, 2.75) is 25.1 Å². The molecule has 1 aromatic carbocycles. The monoisotopic (exact) mass is 355 g/mol. The molecule has 1 amide bonds. The molecule has 1 fully saturated rings. The minimum Gasteiger partial charge on any atom is -0.490 e. The van der Waals surface area contributed by atoms with Gasteiger partial charge in [-0.05, 0) is 18.2 Å². The third kappa shape index (κ3) is 3.86. The van der Waals surface area contributed by atoms with E-state index in [0.29, 0.717) is 31.7 Å². The summed E-state index contributed by atoms with van der Waals surface area (Å²) in [5.41, 5.74) is -0.915. The first kappa shape index (κ1) is 17.1. The summed E-state index contributed by atoms with van der Waals surface area (Å²) in [6.07, 6.45) is -1.91. The highest BCUT2D eigenvalue weighted by molar-refractivity contribution is 5.65. The van der Waals surface area contributed by atoms with Crippen LogP contribution in [0.1, 0.15) is 18.4 Å². The zero-order chi connectivity index (χ0) is 18.0. The molecule has 1 aliphatic rings. The Kier molecular flexibility index (Phi) is 4.56. The van der Waals surface area contributed by atoms with Crippen molar-refractivity contribution in [3.8, 4) is 11.4 Å². The second kappa shape index (κ2) is 6.66. The molecule has 6 nitrogen and oxygen atoms in total. The van der Waals surface area contributed by atoms with Gasteiger partial charge in [-0.1, -0.05) is 0 Å². The largest absolute Gasteiger partial charge is 0.490 e. The molecule has 134 valence electrons. The maximum atomic E-state index is 13.2. The molecular formula is C16H16F3N3O3. The van der Waals surface area contributed by atoms with Gasteiger partial charge >= 0.3 is 12.3 Å². The van der Waals surface area contributed by atoms with Crippen molar-refractivity contribution in [2.24, 2.45) is 0 Å². The number of benzene rings is 1. The Bertz CT molecular complexity index is 739. The van der Waals surface area contributed by atoms with Crippen LogP contribution >= 0.6 is 0 Å². The van der Waals surface area contributed by atoms with E-state index < -0.39 is 17.8 Å². The number of hydrogen-bond acceptors (Lipinski definition) is 3. The van der Waals surface area contributed by atoms with Crippen molar-refractivity contribution < 1.29 is 27.8 Å². The molecule has 1 saturated heterocycles. The molecule has 1 N–H and O–H groups in total. The molecule has 2 aromatic rings. The Morgan fingerprint density at radius 3 is 2.56 bits per heavy atom. The van der Waals surface area contributed by atoms with Gasteiger partial charge in [0.1, 0.15) is 11.9 Å². The lowest BCUT2D eigenvalue weighted by Crippen LogP contribution is -2.41.